The van der Waals surface area contributed by atoms with E-state index in [4.69, 9.17) is 5.73 Å². The highest BCUT2D eigenvalue weighted by molar-refractivity contribution is 5.75. The largest absolute Gasteiger partial charge is 0.349 e. The Morgan fingerprint density at radius 1 is 1.53 bits per heavy atom. The Labute approximate surface area is 92.4 Å². The van der Waals surface area contributed by atoms with E-state index in [1.165, 1.54) is 6.42 Å². The van der Waals surface area contributed by atoms with Gasteiger partial charge in [0.1, 0.15) is 0 Å². The average molecular weight is 213 g/mol. The quantitative estimate of drug-likeness (QED) is 0.706. The van der Waals surface area contributed by atoms with Crippen molar-refractivity contribution < 1.29 is 4.79 Å². The van der Waals surface area contributed by atoms with Crippen LogP contribution in [0.1, 0.15) is 19.3 Å². The summed E-state index contributed by atoms with van der Waals surface area (Å²) in [5.41, 5.74) is 5.54. The Morgan fingerprint density at radius 2 is 2.27 bits per heavy atom. The van der Waals surface area contributed by atoms with Crippen LogP contribution in [0.25, 0.3) is 0 Å². The van der Waals surface area contributed by atoms with Gasteiger partial charge < -0.3 is 15.5 Å². The Hall–Kier alpha value is -0.610. The van der Waals surface area contributed by atoms with E-state index in [9.17, 15) is 4.79 Å². The van der Waals surface area contributed by atoms with Gasteiger partial charge in [-0.2, -0.15) is 0 Å². The van der Waals surface area contributed by atoms with Gasteiger partial charge in [0.15, 0.2) is 0 Å². The number of likely N-dealkylation sites (tertiary alicyclic amines) is 1. The lowest BCUT2D eigenvalue weighted by atomic mass is 10.1. The number of nitrogens with zero attached hydrogens (tertiary/aromatic N) is 2. The number of carbonyl (C=O) groups is 1. The zero-order valence-electron chi connectivity index (χ0n) is 9.91. The molecular weight excluding hydrogens is 190 g/mol. The fourth-order valence-corrected chi connectivity index (χ4v) is 2.06. The highest BCUT2D eigenvalue weighted by Gasteiger charge is 2.21. The van der Waals surface area contributed by atoms with E-state index >= 15 is 0 Å². The first kappa shape index (κ1) is 12.5. The number of hydrogen-bond acceptors (Lipinski definition) is 3. The molecule has 1 unspecified atom stereocenters. The first-order valence-corrected chi connectivity index (χ1v) is 5.76. The standard InChI is InChI=1S/C11H23N3O/c1-13(2)11(15)5-8-14-7-4-10(9-14)3-6-12/h10H,3-9,12H2,1-2H3. The zero-order valence-corrected chi connectivity index (χ0v) is 9.91. The maximum atomic E-state index is 11.4. The molecule has 4 nitrogen and oxygen atoms in total. The van der Waals surface area contributed by atoms with Crippen LogP contribution in [-0.4, -0.2) is 56.0 Å². The minimum absolute atomic E-state index is 0.220. The van der Waals surface area contributed by atoms with Crippen molar-refractivity contribution in [1.29, 1.82) is 0 Å². The van der Waals surface area contributed by atoms with Crippen LogP contribution >= 0.6 is 0 Å². The van der Waals surface area contributed by atoms with Crippen LogP contribution in [-0.2, 0) is 4.79 Å². The molecule has 0 spiro atoms. The number of nitrogens with two attached hydrogens (primary N) is 1. The summed E-state index contributed by atoms with van der Waals surface area (Å²) in [6, 6.07) is 0. The first-order valence-electron chi connectivity index (χ1n) is 5.76. The van der Waals surface area contributed by atoms with Crippen LogP contribution in [0.4, 0.5) is 0 Å². The Bertz CT molecular complexity index is 206. The number of carbonyl (C=O) groups excluding carboxylic acids is 1. The van der Waals surface area contributed by atoms with Crippen molar-refractivity contribution in [2.75, 3.05) is 40.3 Å². The van der Waals surface area contributed by atoms with E-state index in [2.05, 4.69) is 4.90 Å². The summed E-state index contributed by atoms with van der Waals surface area (Å²) >= 11 is 0. The third-order valence-corrected chi connectivity index (χ3v) is 3.09. The fraction of sp³-hybridized carbons (Fsp3) is 0.909. The third kappa shape index (κ3) is 4.18. The second-order valence-electron chi connectivity index (χ2n) is 4.57. The lowest BCUT2D eigenvalue weighted by Crippen LogP contribution is -2.29. The molecule has 1 aliphatic heterocycles. The second kappa shape index (κ2) is 6.08. The van der Waals surface area contributed by atoms with Gasteiger partial charge in [-0.1, -0.05) is 0 Å². The van der Waals surface area contributed by atoms with Crippen molar-refractivity contribution in [3.63, 3.8) is 0 Å². The van der Waals surface area contributed by atoms with Crippen molar-refractivity contribution in [3.8, 4) is 0 Å². The molecule has 4 heteroatoms. The number of rotatable bonds is 5. The van der Waals surface area contributed by atoms with Crippen LogP contribution in [0.3, 0.4) is 0 Å². The van der Waals surface area contributed by atoms with Crippen LogP contribution in [0, 0.1) is 5.92 Å². The summed E-state index contributed by atoms with van der Waals surface area (Å²) in [4.78, 5) is 15.4. The number of amides is 1. The molecule has 1 fully saturated rings. The van der Waals surface area contributed by atoms with Crippen LogP contribution in [0.15, 0.2) is 0 Å². The molecule has 0 aromatic rings. The zero-order chi connectivity index (χ0) is 11.3. The van der Waals surface area contributed by atoms with Crippen LogP contribution in [0.5, 0.6) is 0 Å². The monoisotopic (exact) mass is 213 g/mol. The highest BCUT2D eigenvalue weighted by Crippen LogP contribution is 2.18. The maximum Gasteiger partial charge on any atom is 0.223 e. The molecule has 0 radical (unpaired) electrons. The Morgan fingerprint density at radius 3 is 2.87 bits per heavy atom. The van der Waals surface area contributed by atoms with Gasteiger partial charge in [-0.25, -0.2) is 0 Å². The lowest BCUT2D eigenvalue weighted by Gasteiger charge is -2.17. The molecule has 15 heavy (non-hydrogen) atoms. The van der Waals surface area contributed by atoms with E-state index in [1.807, 2.05) is 14.1 Å². The molecule has 1 heterocycles. The normalized spacial score (nSPS) is 21.9. The molecule has 0 aromatic heterocycles. The summed E-state index contributed by atoms with van der Waals surface area (Å²) in [7, 11) is 3.62. The molecule has 1 atom stereocenters. The highest BCUT2D eigenvalue weighted by atomic mass is 16.2. The second-order valence-corrected chi connectivity index (χ2v) is 4.57. The minimum atomic E-state index is 0.220. The topological polar surface area (TPSA) is 49.6 Å². The molecule has 2 N–H and O–H groups in total. The molecule has 0 aliphatic carbocycles. The molecule has 0 aromatic carbocycles. The fourth-order valence-electron chi connectivity index (χ4n) is 2.06. The molecule has 88 valence electrons. The van der Waals surface area contributed by atoms with Gasteiger partial charge in [-0.3, -0.25) is 4.79 Å². The summed E-state index contributed by atoms with van der Waals surface area (Å²) in [5.74, 6) is 0.974. The lowest BCUT2D eigenvalue weighted by molar-refractivity contribution is -0.128. The third-order valence-electron chi connectivity index (χ3n) is 3.09. The maximum absolute atomic E-state index is 11.4. The SMILES string of the molecule is CN(C)C(=O)CCN1CCC(CCN)C1. The minimum Gasteiger partial charge on any atom is -0.349 e. The van der Waals surface area contributed by atoms with E-state index in [1.54, 1.807) is 4.90 Å². The molecule has 1 aliphatic rings. The molecular formula is C11H23N3O. The van der Waals surface area contributed by atoms with E-state index < -0.39 is 0 Å². The van der Waals surface area contributed by atoms with Crippen molar-refractivity contribution >= 4 is 5.91 Å². The van der Waals surface area contributed by atoms with Gasteiger partial charge in [0.05, 0.1) is 0 Å². The van der Waals surface area contributed by atoms with E-state index in [-0.39, 0.29) is 5.91 Å². The van der Waals surface area contributed by atoms with Crippen molar-refractivity contribution in [2.45, 2.75) is 19.3 Å². The van der Waals surface area contributed by atoms with Crippen molar-refractivity contribution in [3.05, 3.63) is 0 Å². The van der Waals surface area contributed by atoms with Crippen LogP contribution < -0.4 is 5.73 Å². The predicted molar refractivity (Wildman–Crippen MR) is 61.5 cm³/mol. The van der Waals surface area contributed by atoms with Gasteiger partial charge in [0, 0.05) is 33.6 Å². The summed E-state index contributed by atoms with van der Waals surface area (Å²) < 4.78 is 0. The van der Waals surface area contributed by atoms with Gasteiger partial charge >= 0.3 is 0 Å². The summed E-state index contributed by atoms with van der Waals surface area (Å²) in [6.07, 6.45) is 3.01. The molecule has 0 saturated carbocycles. The van der Waals surface area contributed by atoms with Crippen LogP contribution in [0.2, 0.25) is 0 Å². The van der Waals surface area contributed by atoms with E-state index in [0.29, 0.717) is 6.42 Å². The van der Waals surface area contributed by atoms with Gasteiger partial charge in [0.2, 0.25) is 5.91 Å². The first-order chi connectivity index (χ1) is 7.13. The smallest absolute Gasteiger partial charge is 0.223 e. The molecule has 1 rings (SSSR count). The summed E-state index contributed by atoms with van der Waals surface area (Å²) in [6.45, 7) is 3.94. The Kier molecular flexibility index (Phi) is 5.05. The number of hydrogen-bond donors (Lipinski definition) is 1. The molecule has 1 amide bonds. The van der Waals surface area contributed by atoms with Gasteiger partial charge in [-0.15, -0.1) is 0 Å². The average Bonchev–Trinajstić information content (AvgIpc) is 2.62. The predicted octanol–water partition coefficient (Wildman–Crippen LogP) is 0.135. The van der Waals surface area contributed by atoms with Gasteiger partial charge in [-0.05, 0) is 31.8 Å². The van der Waals surface area contributed by atoms with Crippen molar-refractivity contribution in [2.24, 2.45) is 11.7 Å². The van der Waals surface area contributed by atoms with Crippen molar-refractivity contribution in [1.82, 2.24) is 9.80 Å². The van der Waals surface area contributed by atoms with E-state index in [0.717, 1.165) is 38.5 Å². The van der Waals surface area contributed by atoms with Gasteiger partial charge in [0.25, 0.3) is 0 Å². The summed E-state index contributed by atoms with van der Waals surface area (Å²) in [5, 5.41) is 0. The molecule has 0 bridgehead atoms. The molecule has 1 saturated heterocycles. The Balaban J connectivity index is 2.16.